The molecule has 0 saturated heterocycles. The Bertz CT molecular complexity index is 1350. The van der Waals surface area contributed by atoms with Crippen molar-refractivity contribution < 1.29 is 19.1 Å². The summed E-state index contributed by atoms with van der Waals surface area (Å²) in [7, 11) is 0. The average molecular weight is 467 g/mol. The molecule has 4 aromatic rings. The quantitative estimate of drug-likeness (QED) is 0.156. The van der Waals surface area contributed by atoms with Crippen molar-refractivity contribution in [3.8, 4) is 11.5 Å². The molecular formula is C29H26N2O4. The van der Waals surface area contributed by atoms with Gasteiger partial charge in [-0.05, 0) is 52.6 Å². The van der Waals surface area contributed by atoms with Gasteiger partial charge < -0.3 is 9.47 Å². The van der Waals surface area contributed by atoms with E-state index in [0.717, 1.165) is 10.8 Å². The van der Waals surface area contributed by atoms with Crippen LogP contribution in [0.3, 0.4) is 0 Å². The Labute approximate surface area is 204 Å². The highest BCUT2D eigenvalue weighted by molar-refractivity contribution is 6.04. The summed E-state index contributed by atoms with van der Waals surface area (Å²) in [5.74, 6) is 0.496. The van der Waals surface area contributed by atoms with Crippen LogP contribution in [0.1, 0.15) is 41.3 Å². The second-order valence-corrected chi connectivity index (χ2v) is 8.26. The Morgan fingerprint density at radius 3 is 2.34 bits per heavy atom. The first-order chi connectivity index (χ1) is 17.0. The van der Waals surface area contributed by atoms with Gasteiger partial charge in [0.25, 0.3) is 5.91 Å². The van der Waals surface area contributed by atoms with E-state index >= 15 is 0 Å². The van der Waals surface area contributed by atoms with Crippen LogP contribution in [-0.2, 0) is 4.79 Å². The molecule has 0 aromatic heterocycles. The van der Waals surface area contributed by atoms with Gasteiger partial charge in [-0.3, -0.25) is 4.79 Å². The standard InChI is InChI=1S/C29H26N2O4/c1-20(2)21-12-15-24(16-13-21)34-19-28(32)31-30-18-26-25-11-7-6-8-22(25)14-17-27(26)35-29(33)23-9-4-3-5-10-23/h3-18,20H,19H2,1-2H3,(H,31,32)/b30-18+. The van der Waals surface area contributed by atoms with E-state index in [0.29, 0.717) is 28.5 Å². The number of carbonyl (C=O) groups excluding carboxylic acids is 2. The van der Waals surface area contributed by atoms with Crippen LogP contribution in [0, 0.1) is 0 Å². The molecule has 176 valence electrons. The highest BCUT2D eigenvalue weighted by Gasteiger charge is 2.13. The molecule has 0 unspecified atom stereocenters. The van der Waals surface area contributed by atoms with Crippen LogP contribution < -0.4 is 14.9 Å². The number of hydrogen-bond donors (Lipinski definition) is 1. The van der Waals surface area contributed by atoms with E-state index in [1.807, 2.05) is 60.7 Å². The SMILES string of the molecule is CC(C)c1ccc(OCC(=O)N/N=C/c2c(OC(=O)c3ccccc3)ccc3ccccc23)cc1. The lowest BCUT2D eigenvalue weighted by Crippen LogP contribution is -2.24. The maximum absolute atomic E-state index is 12.6. The Kier molecular flexibility index (Phi) is 7.53. The van der Waals surface area contributed by atoms with Crippen LogP contribution in [-0.4, -0.2) is 24.7 Å². The molecule has 0 heterocycles. The molecule has 1 amide bonds. The third-order valence-corrected chi connectivity index (χ3v) is 5.44. The number of nitrogens with one attached hydrogen (secondary N) is 1. The number of hydrazone groups is 1. The zero-order valence-corrected chi connectivity index (χ0v) is 19.6. The highest BCUT2D eigenvalue weighted by atomic mass is 16.5. The number of fused-ring (bicyclic) bond motifs is 1. The van der Waals surface area contributed by atoms with Gasteiger partial charge in [-0.2, -0.15) is 5.10 Å². The molecule has 0 aliphatic rings. The molecule has 0 aliphatic carbocycles. The molecule has 4 rings (SSSR count). The van der Waals surface area contributed by atoms with Gasteiger partial charge >= 0.3 is 5.97 Å². The van der Waals surface area contributed by atoms with E-state index in [1.54, 1.807) is 30.3 Å². The molecule has 0 saturated carbocycles. The number of rotatable bonds is 8. The van der Waals surface area contributed by atoms with Crippen LogP contribution in [0.15, 0.2) is 96.1 Å². The molecule has 0 atom stereocenters. The van der Waals surface area contributed by atoms with Crippen molar-refractivity contribution in [2.75, 3.05) is 6.61 Å². The molecule has 6 heteroatoms. The largest absolute Gasteiger partial charge is 0.484 e. The average Bonchev–Trinajstić information content (AvgIpc) is 2.89. The first-order valence-electron chi connectivity index (χ1n) is 11.3. The normalized spacial score (nSPS) is 11.1. The Morgan fingerprint density at radius 1 is 0.886 bits per heavy atom. The molecule has 0 aliphatic heterocycles. The van der Waals surface area contributed by atoms with Crippen molar-refractivity contribution in [1.29, 1.82) is 0 Å². The Hall–Kier alpha value is -4.45. The molecule has 0 bridgehead atoms. The fourth-order valence-corrected chi connectivity index (χ4v) is 3.53. The van der Waals surface area contributed by atoms with Gasteiger partial charge in [-0.25, -0.2) is 10.2 Å². The number of benzene rings is 4. The number of ether oxygens (including phenoxy) is 2. The maximum atomic E-state index is 12.6. The Balaban J connectivity index is 1.46. The van der Waals surface area contributed by atoms with Gasteiger partial charge in [0.15, 0.2) is 6.61 Å². The minimum absolute atomic E-state index is 0.177. The summed E-state index contributed by atoms with van der Waals surface area (Å²) in [6.45, 7) is 4.06. The van der Waals surface area contributed by atoms with Crippen molar-refractivity contribution in [3.05, 3.63) is 108 Å². The fraction of sp³-hybridized carbons (Fsp3) is 0.138. The fourth-order valence-electron chi connectivity index (χ4n) is 3.53. The van der Waals surface area contributed by atoms with Crippen LogP contribution in [0.25, 0.3) is 10.8 Å². The Morgan fingerprint density at radius 2 is 1.60 bits per heavy atom. The number of hydrogen-bond acceptors (Lipinski definition) is 5. The van der Waals surface area contributed by atoms with E-state index in [-0.39, 0.29) is 6.61 Å². The molecule has 35 heavy (non-hydrogen) atoms. The second-order valence-electron chi connectivity index (χ2n) is 8.26. The summed E-state index contributed by atoms with van der Waals surface area (Å²) < 4.78 is 11.2. The van der Waals surface area contributed by atoms with Crippen molar-refractivity contribution in [1.82, 2.24) is 5.43 Å². The minimum atomic E-state index is -0.476. The molecular weight excluding hydrogens is 440 g/mol. The molecule has 6 nitrogen and oxygen atoms in total. The van der Waals surface area contributed by atoms with E-state index in [9.17, 15) is 9.59 Å². The number of carbonyl (C=O) groups is 2. The van der Waals surface area contributed by atoms with Gasteiger partial charge in [-0.15, -0.1) is 0 Å². The molecule has 1 N–H and O–H groups in total. The third-order valence-electron chi connectivity index (χ3n) is 5.44. The predicted molar refractivity (Wildman–Crippen MR) is 137 cm³/mol. The predicted octanol–water partition coefficient (Wildman–Crippen LogP) is 5.71. The van der Waals surface area contributed by atoms with Crippen molar-refractivity contribution in [2.24, 2.45) is 5.10 Å². The molecule has 0 radical (unpaired) electrons. The van der Waals surface area contributed by atoms with E-state index in [2.05, 4.69) is 24.4 Å². The van der Waals surface area contributed by atoms with E-state index in [4.69, 9.17) is 9.47 Å². The molecule has 4 aromatic carbocycles. The van der Waals surface area contributed by atoms with Gasteiger partial charge in [0, 0.05) is 5.56 Å². The summed E-state index contributed by atoms with van der Waals surface area (Å²) in [6.07, 6.45) is 1.48. The minimum Gasteiger partial charge on any atom is -0.484 e. The zero-order valence-electron chi connectivity index (χ0n) is 19.6. The van der Waals surface area contributed by atoms with Crippen LogP contribution in [0.5, 0.6) is 11.5 Å². The summed E-state index contributed by atoms with van der Waals surface area (Å²) in [5, 5.41) is 5.88. The van der Waals surface area contributed by atoms with Gasteiger partial charge in [0.2, 0.25) is 0 Å². The first-order valence-corrected chi connectivity index (χ1v) is 11.3. The zero-order chi connectivity index (χ0) is 24.6. The van der Waals surface area contributed by atoms with Crippen LogP contribution in [0.2, 0.25) is 0 Å². The van der Waals surface area contributed by atoms with Gasteiger partial charge in [0.1, 0.15) is 11.5 Å². The lowest BCUT2D eigenvalue weighted by Gasteiger charge is -2.11. The number of nitrogens with zero attached hydrogens (tertiary/aromatic N) is 1. The number of esters is 1. The first kappa shape index (κ1) is 23.7. The monoisotopic (exact) mass is 466 g/mol. The second kappa shape index (κ2) is 11.1. The molecule has 0 fully saturated rings. The van der Waals surface area contributed by atoms with Gasteiger partial charge in [0.05, 0.1) is 11.8 Å². The van der Waals surface area contributed by atoms with E-state index in [1.165, 1.54) is 11.8 Å². The topological polar surface area (TPSA) is 77.0 Å². The number of amides is 1. The van der Waals surface area contributed by atoms with Crippen molar-refractivity contribution in [3.63, 3.8) is 0 Å². The smallest absolute Gasteiger partial charge is 0.343 e. The van der Waals surface area contributed by atoms with Crippen LogP contribution >= 0.6 is 0 Å². The lowest BCUT2D eigenvalue weighted by molar-refractivity contribution is -0.123. The lowest BCUT2D eigenvalue weighted by atomic mass is 10.0. The van der Waals surface area contributed by atoms with Crippen molar-refractivity contribution in [2.45, 2.75) is 19.8 Å². The summed E-state index contributed by atoms with van der Waals surface area (Å²) in [4.78, 5) is 24.9. The third kappa shape index (κ3) is 6.12. The van der Waals surface area contributed by atoms with Gasteiger partial charge in [-0.1, -0.05) is 74.5 Å². The van der Waals surface area contributed by atoms with Crippen molar-refractivity contribution >= 4 is 28.9 Å². The summed E-state index contributed by atoms with van der Waals surface area (Å²) in [5.41, 5.74) is 4.69. The van der Waals surface area contributed by atoms with Crippen LogP contribution in [0.4, 0.5) is 0 Å². The van der Waals surface area contributed by atoms with E-state index < -0.39 is 11.9 Å². The molecule has 0 spiro atoms. The highest BCUT2D eigenvalue weighted by Crippen LogP contribution is 2.27. The maximum Gasteiger partial charge on any atom is 0.343 e. The summed E-state index contributed by atoms with van der Waals surface area (Å²) >= 11 is 0. The summed E-state index contributed by atoms with van der Waals surface area (Å²) in [6, 6.07) is 27.7.